The Morgan fingerprint density at radius 1 is 1.19 bits per heavy atom. The Hall–Kier alpha value is -1.10. The van der Waals surface area contributed by atoms with Gasteiger partial charge in [-0.05, 0) is 19.3 Å². The van der Waals surface area contributed by atoms with E-state index in [-0.39, 0.29) is 12.0 Å². The van der Waals surface area contributed by atoms with Gasteiger partial charge in [0, 0.05) is 32.8 Å². The lowest BCUT2D eigenvalue weighted by Crippen LogP contribution is -2.51. The Bertz CT molecular complexity index is 256. The molecular formula is C11H18N2O3. The highest BCUT2D eigenvalue weighted by molar-refractivity contribution is 5.81. The summed E-state index contributed by atoms with van der Waals surface area (Å²) in [7, 11) is 0. The van der Waals surface area contributed by atoms with Crippen LogP contribution in [-0.2, 0) is 14.3 Å². The van der Waals surface area contributed by atoms with Crippen molar-refractivity contribution in [2.24, 2.45) is 0 Å². The maximum atomic E-state index is 12.0. The molecular weight excluding hydrogens is 208 g/mol. The zero-order chi connectivity index (χ0) is 11.4. The van der Waals surface area contributed by atoms with Crippen LogP contribution in [0.3, 0.4) is 0 Å². The van der Waals surface area contributed by atoms with Gasteiger partial charge in [0.1, 0.15) is 6.10 Å². The van der Waals surface area contributed by atoms with E-state index in [1.807, 2.05) is 4.90 Å². The van der Waals surface area contributed by atoms with Gasteiger partial charge in [-0.1, -0.05) is 0 Å². The van der Waals surface area contributed by atoms with Crippen molar-refractivity contribution in [2.45, 2.75) is 25.4 Å². The standard InChI is InChI=1S/C11H18N2O3/c14-9-12-4-6-13(7-5-12)11(15)10-3-1-2-8-16-10/h9-10H,1-8H2. The maximum absolute atomic E-state index is 12.0. The van der Waals surface area contributed by atoms with Crippen LogP contribution in [0.15, 0.2) is 0 Å². The fourth-order valence-corrected chi connectivity index (χ4v) is 2.19. The first-order valence-corrected chi connectivity index (χ1v) is 5.91. The highest BCUT2D eigenvalue weighted by Gasteiger charge is 2.28. The zero-order valence-electron chi connectivity index (χ0n) is 9.43. The predicted octanol–water partition coefficient (Wildman–Crippen LogP) is -0.144. The molecule has 5 nitrogen and oxygen atoms in total. The van der Waals surface area contributed by atoms with Crippen molar-refractivity contribution < 1.29 is 14.3 Å². The molecule has 0 bridgehead atoms. The third kappa shape index (κ3) is 2.52. The summed E-state index contributed by atoms with van der Waals surface area (Å²) in [4.78, 5) is 26.1. The molecule has 0 aromatic rings. The Kier molecular flexibility index (Phi) is 3.77. The molecule has 2 rings (SSSR count). The van der Waals surface area contributed by atoms with Crippen molar-refractivity contribution in [3.8, 4) is 0 Å². The molecule has 2 aliphatic heterocycles. The molecule has 2 heterocycles. The van der Waals surface area contributed by atoms with Gasteiger partial charge < -0.3 is 14.5 Å². The van der Waals surface area contributed by atoms with Crippen molar-refractivity contribution in [3.63, 3.8) is 0 Å². The fourth-order valence-electron chi connectivity index (χ4n) is 2.19. The lowest BCUT2D eigenvalue weighted by molar-refractivity contribution is -0.149. The SMILES string of the molecule is O=CN1CCN(C(=O)C2CCCCO2)CC1. The van der Waals surface area contributed by atoms with Crippen molar-refractivity contribution in [1.82, 2.24) is 9.80 Å². The molecule has 0 saturated carbocycles. The molecule has 0 aromatic carbocycles. The predicted molar refractivity (Wildman–Crippen MR) is 57.8 cm³/mol. The van der Waals surface area contributed by atoms with Crippen molar-refractivity contribution >= 4 is 12.3 Å². The van der Waals surface area contributed by atoms with Gasteiger partial charge in [0.05, 0.1) is 0 Å². The number of piperazine rings is 1. The molecule has 0 spiro atoms. The summed E-state index contributed by atoms with van der Waals surface area (Å²) >= 11 is 0. The Balaban J connectivity index is 1.83. The van der Waals surface area contributed by atoms with E-state index in [0.717, 1.165) is 25.7 Å². The molecule has 0 N–H and O–H groups in total. The van der Waals surface area contributed by atoms with Crippen molar-refractivity contribution in [3.05, 3.63) is 0 Å². The zero-order valence-corrected chi connectivity index (χ0v) is 9.43. The summed E-state index contributed by atoms with van der Waals surface area (Å²) in [5.41, 5.74) is 0. The van der Waals surface area contributed by atoms with Gasteiger partial charge in [-0.15, -0.1) is 0 Å². The maximum Gasteiger partial charge on any atom is 0.251 e. The monoisotopic (exact) mass is 226 g/mol. The number of nitrogens with zero attached hydrogens (tertiary/aromatic N) is 2. The molecule has 0 aliphatic carbocycles. The lowest BCUT2D eigenvalue weighted by atomic mass is 10.1. The number of carbonyl (C=O) groups is 2. The average Bonchev–Trinajstić information content (AvgIpc) is 2.39. The largest absolute Gasteiger partial charge is 0.368 e. The number of rotatable bonds is 2. The molecule has 90 valence electrons. The third-order valence-electron chi connectivity index (χ3n) is 3.23. The molecule has 0 aromatic heterocycles. The van der Waals surface area contributed by atoms with E-state index in [1.54, 1.807) is 4.90 Å². The van der Waals surface area contributed by atoms with E-state index in [4.69, 9.17) is 4.74 Å². The number of carbonyl (C=O) groups excluding carboxylic acids is 2. The van der Waals surface area contributed by atoms with Crippen molar-refractivity contribution in [2.75, 3.05) is 32.8 Å². The molecule has 5 heteroatoms. The second-order valence-electron chi connectivity index (χ2n) is 4.32. The molecule has 16 heavy (non-hydrogen) atoms. The lowest BCUT2D eigenvalue weighted by Gasteiger charge is -2.35. The summed E-state index contributed by atoms with van der Waals surface area (Å²) in [5.74, 6) is 0.102. The van der Waals surface area contributed by atoms with E-state index in [2.05, 4.69) is 0 Å². The van der Waals surface area contributed by atoms with Crippen LogP contribution in [0.1, 0.15) is 19.3 Å². The minimum absolute atomic E-state index is 0.102. The quantitative estimate of drug-likeness (QED) is 0.616. The van der Waals surface area contributed by atoms with Crippen LogP contribution in [0, 0.1) is 0 Å². The average molecular weight is 226 g/mol. The summed E-state index contributed by atoms with van der Waals surface area (Å²) < 4.78 is 5.47. The van der Waals surface area contributed by atoms with Gasteiger partial charge in [0.15, 0.2) is 0 Å². The molecule has 1 unspecified atom stereocenters. The van der Waals surface area contributed by atoms with Gasteiger partial charge in [0.25, 0.3) is 5.91 Å². The summed E-state index contributed by atoms with van der Waals surface area (Å²) in [5, 5.41) is 0. The summed E-state index contributed by atoms with van der Waals surface area (Å²) in [6, 6.07) is 0. The van der Waals surface area contributed by atoms with Gasteiger partial charge >= 0.3 is 0 Å². The first-order valence-electron chi connectivity index (χ1n) is 5.91. The van der Waals surface area contributed by atoms with Gasteiger partial charge in [0.2, 0.25) is 6.41 Å². The fraction of sp³-hybridized carbons (Fsp3) is 0.818. The van der Waals surface area contributed by atoms with Crippen LogP contribution >= 0.6 is 0 Å². The molecule has 2 aliphatic rings. The minimum atomic E-state index is -0.239. The minimum Gasteiger partial charge on any atom is -0.368 e. The topological polar surface area (TPSA) is 49.9 Å². The number of ether oxygens (including phenoxy) is 1. The van der Waals surface area contributed by atoms with Gasteiger partial charge in [-0.2, -0.15) is 0 Å². The first-order chi connectivity index (χ1) is 7.81. The second-order valence-corrected chi connectivity index (χ2v) is 4.32. The smallest absolute Gasteiger partial charge is 0.251 e. The van der Waals surface area contributed by atoms with Gasteiger partial charge in [-0.25, -0.2) is 0 Å². The van der Waals surface area contributed by atoms with E-state index >= 15 is 0 Å². The first kappa shape index (κ1) is 11.4. The number of hydrogen-bond donors (Lipinski definition) is 0. The molecule has 1 atom stereocenters. The Morgan fingerprint density at radius 3 is 2.50 bits per heavy atom. The van der Waals surface area contributed by atoms with Crippen LogP contribution in [0.5, 0.6) is 0 Å². The highest BCUT2D eigenvalue weighted by Crippen LogP contribution is 2.15. The molecule has 2 saturated heterocycles. The highest BCUT2D eigenvalue weighted by atomic mass is 16.5. The Labute approximate surface area is 95.3 Å². The van der Waals surface area contributed by atoms with E-state index in [0.29, 0.717) is 32.8 Å². The van der Waals surface area contributed by atoms with Gasteiger partial charge in [-0.3, -0.25) is 9.59 Å². The Morgan fingerprint density at radius 2 is 1.94 bits per heavy atom. The number of hydrogen-bond acceptors (Lipinski definition) is 3. The summed E-state index contributed by atoms with van der Waals surface area (Å²) in [6.07, 6.45) is 3.58. The van der Waals surface area contributed by atoms with E-state index in [9.17, 15) is 9.59 Å². The van der Waals surface area contributed by atoms with Crippen LogP contribution in [0.25, 0.3) is 0 Å². The van der Waals surface area contributed by atoms with Crippen LogP contribution < -0.4 is 0 Å². The second kappa shape index (κ2) is 5.30. The molecule has 0 radical (unpaired) electrons. The van der Waals surface area contributed by atoms with Crippen LogP contribution in [0.2, 0.25) is 0 Å². The van der Waals surface area contributed by atoms with Crippen molar-refractivity contribution in [1.29, 1.82) is 0 Å². The summed E-state index contributed by atoms with van der Waals surface area (Å²) in [6.45, 7) is 3.25. The van der Waals surface area contributed by atoms with Crippen LogP contribution in [0.4, 0.5) is 0 Å². The van der Waals surface area contributed by atoms with E-state index in [1.165, 1.54) is 0 Å². The molecule has 2 amide bonds. The normalized spacial score (nSPS) is 26.6. The van der Waals surface area contributed by atoms with E-state index < -0.39 is 0 Å². The van der Waals surface area contributed by atoms with Crippen LogP contribution in [-0.4, -0.2) is 61.0 Å². The molecule has 2 fully saturated rings. The third-order valence-corrected chi connectivity index (χ3v) is 3.23. The number of amides is 2.